The van der Waals surface area contributed by atoms with Crippen LogP contribution in [0.5, 0.6) is 0 Å². The van der Waals surface area contributed by atoms with Crippen LogP contribution in [-0.4, -0.2) is 11.6 Å². The highest BCUT2D eigenvalue weighted by Crippen LogP contribution is 2.37. The van der Waals surface area contributed by atoms with Crippen molar-refractivity contribution in [1.82, 2.24) is 0 Å². The molecule has 0 N–H and O–H groups in total. The minimum Gasteiger partial charge on any atom is -0.454 e. The quantitative estimate of drug-likeness (QED) is 0.468. The molecule has 0 saturated heterocycles. The fourth-order valence-electron chi connectivity index (χ4n) is 2.13. The number of rotatable bonds is 1. The van der Waals surface area contributed by atoms with Crippen LogP contribution in [0.2, 0.25) is 0 Å². The number of fused-ring (bicyclic) bond motifs is 1. The highest BCUT2D eigenvalue weighted by molar-refractivity contribution is 5.67. The molecule has 2 heteroatoms. The summed E-state index contributed by atoms with van der Waals surface area (Å²) in [4.78, 5) is 11.1. The van der Waals surface area contributed by atoms with Crippen LogP contribution in [0.4, 0.5) is 0 Å². The van der Waals surface area contributed by atoms with Gasteiger partial charge < -0.3 is 4.74 Å². The first-order valence-electron chi connectivity index (χ1n) is 4.95. The second-order valence-corrected chi connectivity index (χ2v) is 3.79. The summed E-state index contributed by atoms with van der Waals surface area (Å²) in [5.74, 6) is 0.00963. The van der Waals surface area contributed by atoms with E-state index in [4.69, 9.17) is 4.74 Å². The normalized spacial score (nSPS) is 33.9. The highest BCUT2D eigenvalue weighted by atomic mass is 16.6. The summed E-state index contributed by atoms with van der Waals surface area (Å²) >= 11 is 0. The van der Waals surface area contributed by atoms with Gasteiger partial charge in [-0.15, -0.1) is 0 Å². The van der Waals surface area contributed by atoms with Crippen molar-refractivity contribution in [3.05, 3.63) is 36.5 Å². The lowest BCUT2D eigenvalue weighted by Gasteiger charge is -2.38. The Labute approximate surface area is 83.9 Å². The van der Waals surface area contributed by atoms with Crippen LogP contribution in [0.25, 0.3) is 0 Å². The molecule has 2 rings (SSSR count). The van der Waals surface area contributed by atoms with E-state index in [9.17, 15) is 4.79 Å². The first-order valence-corrected chi connectivity index (χ1v) is 4.95. The third-order valence-corrected chi connectivity index (χ3v) is 2.75. The number of hydrogen-bond acceptors (Lipinski definition) is 2. The Balaban J connectivity index is 2.29. The fourth-order valence-corrected chi connectivity index (χ4v) is 2.13. The van der Waals surface area contributed by atoms with Crippen molar-refractivity contribution in [2.75, 3.05) is 0 Å². The number of hydrogen-bond donors (Lipinski definition) is 0. The molecule has 2 nitrogen and oxygen atoms in total. The predicted octanol–water partition coefficient (Wildman–Crippen LogP) is 2.38. The van der Waals surface area contributed by atoms with Crippen LogP contribution in [0.15, 0.2) is 36.5 Å². The zero-order valence-corrected chi connectivity index (χ0v) is 8.27. The summed E-state index contributed by atoms with van der Waals surface area (Å²) in [7, 11) is 0. The molecule has 0 heterocycles. The molecule has 0 aromatic heterocycles. The zero-order chi connectivity index (χ0) is 10.0. The van der Waals surface area contributed by atoms with E-state index >= 15 is 0 Å². The predicted molar refractivity (Wildman–Crippen MR) is 54.6 cm³/mol. The Hall–Kier alpha value is -1.31. The van der Waals surface area contributed by atoms with E-state index < -0.39 is 5.60 Å². The van der Waals surface area contributed by atoms with Crippen LogP contribution < -0.4 is 0 Å². The molecule has 0 fully saturated rings. The molecule has 0 saturated carbocycles. The lowest BCUT2D eigenvalue weighted by atomic mass is 9.77. The van der Waals surface area contributed by atoms with Gasteiger partial charge in [-0.05, 0) is 18.9 Å². The summed E-state index contributed by atoms with van der Waals surface area (Å²) in [6.45, 7) is 1.47. The molecule has 0 radical (unpaired) electrons. The van der Waals surface area contributed by atoms with Gasteiger partial charge in [-0.3, -0.25) is 4.79 Å². The average molecular weight is 190 g/mol. The van der Waals surface area contributed by atoms with Gasteiger partial charge >= 0.3 is 5.97 Å². The fraction of sp³-hybridized carbons (Fsp3) is 0.417. The first-order chi connectivity index (χ1) is 6.73. The third-order valence-electron chi connectivity index (χ3n) is 2.75. The van der Waals surface area contributed by atoms with Crippen molar-refractivity contribution < 1.29 is 9.53 Å². The van der Waals surface area contributed by atoms with E-state index in [1.165, 1.54) is 6.92 Å². The minimum atomic E-state index is -0.407. The lowest BCUT2D eigenvalue weighted by molar-refractivity contribution is -0.155. The standard InChI is InChI=1S/C12H14O2/c1-10(13)14-12-8-4-2-6-11(12)7-3-5-9-12/h2-4,6-8,11H,5,9H2,1H3/t11-,12-/m1/s1. The first kappa shape index (κ1) is 9.25. The largest absolute Gasteiger partial charge is 0.454 e. The Kier molecular flexibility index (Phi) is 2.28. The summed E-state index contributed by atoms with van der Waals surface area (Å²) in [5, 5.41) is 0. The summed E-state index contributed by atoms with van der Waals surface area (Å²) < 4.78 is 5.45. The van der Waals surface area contributed by atoms with Crippen LogP contribution in [0.1, 0.15) is 19.8 Å². The van der Waals surface area contributed by atoms with Crippen molar-refractivity contribution in [1.29, 1.82) is 0 Å². The number of carbonyl (C=O) groups excluding carboxylic acids is 1. The molecule has 0 aromatic carbocycles. The SMILES string of the molecule is CC(=O)O[C@@]12C=CC=C[C@@H]1C=CCC2. The molecule has 0 spiro atoms. The maximum Gasteiger partial charge on any atom is 0.303 e. The van der Waals surface area contributed by atoms with Crippen molar-refractivity contribution in [2.24, 2.45) is 5.92 Å². The van der Waals surface area contributed by atoms with E-state index in [1.807, 2.05) is 18.2 Å². The van der Waals surface area contributed by atoms with E-state index in [0.29, 0.717) is 0 Å². The van der Waals surface area contributed by atoms with Crippen molar-refractivity contribution >= 4 is 5.97 Å². The van der Waals surface area contributed by atoms with Gasteiger partial charge in [0.2, 0.25) is 0 Å². The van der Waals surface area contributed by atoms with Crippen LogP contribution in [0, 0.1) is 5.92 Å². The minimum absolute atomic E-state index is 0.203. The van der Waals surface area contributed by atoms with Crippen LogP contribution >= 0.6 is 0 Å². The van der Waals surface area contributed by atoms with Gasteiger partial charge in [0.1, 0.15) is 5.60 Å². The van der Waals surface area contributed by atoms with E-state index in [-0.39, 0.29) is 11.9 Å². The molecule has 14 heavy (non-hydrogen) atoms. The molecule has 2 atom stereocenters. The van der Waals surface area contributed by atoms with Crippen molar-refractivity contribution in [3.8, 4) is 0 Å². The van der Waals surface area contributed by atoms with Gasteiger partial charge in [0.05, 0.1) is 0 Å². The molecule has 0 aromatic rings. The number of ether oxygens (including phenoxy) is 1. The average Bonchev–Trinajstić information content (AvgIpc) is 2.16. The maximum atomic E-state index is 11.1. The molecular weight excluding hydrogens is 176 g/mol. The number of esters is 1. The number of carbonyl (C=O) groups is 1. The molecule has 74 valence electrons. The topological polar surface area (TPSA) is 26.3 Å². The summed E-state index contributed by atoms with van der Waals surface area (Å²) in [6, 6.07) is 0. The van der Waals surface area contributed by atoms with Gasteiger partial charge in [-0.25, -0.2) is 0 Å². The molecule has 0 aliphatic heterocycles. The Morgan fingerprint density at radius 3 is 3.07 bits per heavy atom. The molecule has 0 bridgehead atoms. The monoisotopic (exact) mass is 190 g/mol. The second kappa shape index (κ2) is 3.45. The lowest BCUT2D eigenvalue weighted by Crippen LogP contribution is -2.41. The maximum absolute atomic E-state index is 11.1. The summed E-state index contributed by atoms with van der Waals surface area (Å²) in [5.41, 5.74) is -0.407. The van der Waals surface area contributed by atoms with E-state index in [1.54, 1.807) is 0 Å². The van der Waals surface area contributed by atoms with Crippen LogP contribution in [-0.2, 0) is 9.53 Å². The Morgan fingerprint density at radius 1 is 1.43 bits per heavy atom. The van der Waals surface area contributed by atoms with Crippen LogP contribution in [0.3, 0.4) is 0 Å². The molecular formula is C12H14O2. The third kappa shape index (κ3) is 1.52. The Bertz CT molecular complexity index is 325. The van der Waals surface area contributed by atoms with Gasteiger partial charge in [0, 0.05) is 12.8 Å². The van der Waals surface area contributed by atoms with E-state index in [2.05, 4.69) is 18.2 Å². The van der Waals surface area contributed by atoms with E-state index in [0.717, 1.165) is 12.8 Å². The van der Waals surface area contributed by atoms with Crippen molar-refractivity contribution in [2.45, 2.75) is 25.4 Å². The molecule has 2 aliphatic rings. The second-order valence-electron chi connectivity index (χ2n) is 3.79. The molecule has 2 aliphatic carbocycles. The van der Waals surface area contributed by atoms with Gasteiger partial charge in [0.25, 0.3) is 0 Å². The zero-order valence-electron chi connectivity index (χ0n) is 8.27. The molecule has 0 amide bonds. The van der Waals surface area contributed by atoms with Crippen molar-refractivity contribution in [3.63, 3.8) is 0 Å². The molecule has 0 unspecified atom stereocenters. The van der Waals surface area contributed by atoms with Gasteiger partial charge in [0.15, 0.2) is 0 Å². The van der Waals surface area contributed by atoms with Gasteiger partial charge in [-0.2, -0.15) is 0 Å². The number of allylic oxidation sites excluding steroid dienone is 3. The summed E-state index contributed by atoms with van der Waals surface area (Å²) in [6.07, 6.45) is 14.2. The highest BCUT2D eigenvalue weighted by Gasteiger charge is 2.39. The smallest absolute Gasteiger partial charge is 0.303 e. The Morgan fingerprint density at radius 2 is 2.29 bits per heavy atom. The van der Waals surface area contributed by atoms with Gasteiger partial charge in [-0.1, -0.05) is 30.4 Å².